The van der Waals surface area contributed by atoms with Crippen molar-refractivity contribution in [1.82, 2.24) is 15.1 Å². The Labute approximate surface area is 186 Å². The number of rotatable bonds is 7. The fourth-order valence-electron chi connectivity index (χ4n) is 3.76. The Morgan fingerprint density at radius 1 is 0.968 bits per heavy atom. The molecule has 2 aromatic carbocycles. The zero-order chi connectivity index (χ0) is 21.6. The minimum Gasteiger partial charge on any atom is -0.454 e. The van der Waals surface area contributed by atoms with Crippen molar-refractivity contribution >= 4 is 23.4 Å². The number of benzene rings is 2. The van der Waals surface area contributed by atoms with Crippen LogP contribution >= 0.6 is 11.6 Å². The standard InChI is InChI=1S/C23H26ClN3O4/c24-19-6-4-18(5-7-19)23(29)25-9-1-2-22(28)27-12-10-26(11-13-27)15-17-3-8-20-21(14-17)31-16-30-20/h3-8,14H,1-2,9-13,15-16H2,(H,25,29). The van der Waals surface area contributed by atoms with Crippen molar-refractivity contribution < 1.29 is 19.1 Å². The molecule has 31 heavy (non-hydrogen) atoms. The number of hydrogen-bond acceptors (Lipinski definition) is 5. The van der Waals surface area contributed by atoms with Crippen LogP contribution in [0.3, 0.4) is 0 Å². The van der Waals surface area contributed by atoms with Crippen LogP contribution < -0.4 is 14.8 Å². The molecule has 0 bridgehead atoms. The molecule has 2 aliphatic heterocycles. The van der Waals surface area contributed by atoms with Gasteiger partial charge in [0.2, 0.25) is 12.7 Å². The summed E-state index contributed by atoms with van der Waals surface area (Å²) in [4.78, 5) is 28.8. The molecule has 1 fully saturated rings. The SMILES string of the molecule is O=C(NCCCC(=O)N1CCN(Cc2ccc3c(c2)OCO3)CC1)c1ccc(Cl)cc1. The van der Waals surface area contributed by atoms with Crippen LogP contribution in [0.2, 0.25) is 5.02 Å². The third kappa shape index (κ3) is 5.68. The van der Waals surface area contributed by atoms with Gasteiger partial charge < -0.3 is 19.7 Å². The van der Waals surface area contributed by atoms with Crippen molar-refractivity contribution in [3.8, 4) is 11.5 Å². The van der Waals surface area contributed by atoms with Crippen molar-refractivity contribution in [3.63, 3.8) is 0 Å². The van der Waals surface area contributed by atoms with Gasteiger partial charge in [-0.2, -0.15) is 0 Å². The van der Waals surface area contributed by atoms with E-state index in [1.807, 2.05) is 17.0 Å². The number of nitrogens with one attached hydrogen (secondary N) is 1. The summed E-state index contributed by atoms with van der Waals surface area (Å²) >= 11 is 5.83. The predicted molar refractivity (Wildman–Crippen MR) is 117 cm³/mol. The molecule has 2 aliphatic rings. The molecule has 0 aromatic heterocycles. The summed E-state index contributed by atoms with van der Waals surface area (Å²) in [6, 6.07) is 12.8. The normalized spacial score (nSPS) is 15.7. The van der Waals surface area contributed by atoms with Crippen LogP contribution in [-0.4, -0.2) is 61.1 Å². The Balaban J connectivity index is 1.14. The van der Waals surface area contributed by atoms with E-state index in [4.69, 9.17) is 21.1 Å². The number of hydrogen-bond donors (Lipinski definition) is 1. The van der Waals surface area contributed by atoms with E-state index in [0.29, 0.717) is 30.0 Å². The maximum atomic E-state index is 12.5. The van der Waals surface area contributed by atoms with Crippen LogP contribution in [0.15, 0.2) is 42.5 Å². The lowest BCUT2D eigenvalue weighted by Crippen LogP contribution is -2.48. The van der Waals surface area contributed by atoms with Gasteiger partial charge in [0, 0.05) is 56.3 Å². The lowest BCUT2D eigenvalue weighted by atomic mass is 10.1. The Kier molecular flexibility index (Phi) is 6.94. The van der Waals surface area contributed by atoms with Gasteiger partial charge in [-0.3, -0.25) is 14.5 Å². The molecule has 0 unspecified atom stereocenters. The van der Waals surface area contributed by atoms with Crippen molar-refractivity contribution in [2.24, 2.45) is 0 Å². The molecular weight excluding hydrogens is 418 g/mol. The lowest BCUT2D eigenvalue weighted by Gasteiger charge is -2.34. The van der Waals surface area contributed by atoms with Crippen molar-refractivity contribution in [3.05, 3.63) is 58.6 Å². The third-order valence-corrected chi connectivity index (χ3v) is 5.78. The highest BCUT2D eigenvalue weighted by atomic mass is 35.5. The third-order valence-electron chi connectivity index (χ3n) is 5.53. The largest absolute Gasteiger partial charge is 0.454 e. The quantitative estimate of drug-likeness (QED) is 0.666. The second-order valence-corrected chi connectivity index (χ2v) is 8.15. The number of nitrogens with zero attached hydrogens (tertiary/aromatic N) is 2. The number of carbonyl (C=O) groups excluding carboxylic acids is 2. The number of carbonyl (C=O) groups is 2. The molecule has 8 heteroatoms. The van der Waals surface area contributed by atoms with Gasteiger partial charge in [-0.25, -0.2) is 0 Å². The predicted octanol–water partition coefficient (Wildman–Crippen LogP) is 2.92. The molecule has 164 valence electrons. The van der Waals surface area contributed by atoms with Gasteiger partial charge in [0.15, 0.2) is 11.5 Å². The summed E-state index contributed by atoms with van der Waals surface area (Å²) in [6.07, 6.45) is 1.05. The summed E-state index contributed by atoms with van der Waals surface area (Å²) < 4.78 is 10.8. The first-order valence-corrected chi connectivity index (χ1v) is 10.9. The number of fused-ring (bicyclic) bond motifs is 1. The average molecular weight is 444 g/mol. The summed E-state index contributed by atoms with van der Waals surface area (Å²) in [6.45, 7) is 4.71. The van der Waals surface area contributed by atoms with Gasteiger partial charge in [-0.1, -0.05) is 17.7 Å². The monoisotopic (exact) mass is 443 g/mol. The van der Waals surface area contributed by atoms with E-state index in [9.17, 15) is 9.59 Å². The Morgan fingerprint density at radius 3 is 2.48 bits per heavy atom. The molecule has 2 heterocycles. The molecule has 4 rings (SSSR count). The van der Waals surface area contributed by atoms with Crippen LogP contribution in [0.1, 0.15) is 28.8 Å². The molecule has 2 amide bonds. The first-order valence-electron chi connectivity index (χ1n) is 10.5. The summed E-state index contributed by atoms with van der Waals surface area (Å²) in [5.41, 5.74) is 1.75. The molecule has 0 aliphatic carbocycles. The first kappa shape index (κ1) is 21.5. The van der Waals surface area contributed by atoms with Gasteiger partial charge in [-0.15, -0.1) is 0 Å². The summed E-state index contributed by atoms with van der Waals surface area (Å²) in [5.74, 6) is 1.59. The topological polar surface area (TPSA) is 71.1 Å². The highest BCUT2D eigenvalue weighted by molar-refractivity contribution is 6.30. The van der Waals surface area contributed by atoms with Crippen molar-refractivity contribution in [2.45, 2.75) is 19.4 Å². The van der Waals surface area contributed by atoms with Crippen LogP contribution in [0, 0.1) is 0 Å². The van der Waals surface area contributed by atoms with Crippen molar-refractivity contribution in [1.29, 1.82) is 0 Å². The molecule has 0 spiro atoms. The second kappa shape index (κ2) is 10.0. The minimum absolute atomic E-state index is 0.142. The van der Waals surface area contributed by atoms with Crippen LogP contribution in [0.4, 0.5) is 0 Å². The molecule has 2 aromatic rings. The van der Waals surface area contributed by atoms with Gasteiger partial charge in [0.05, 0.1) is 0 Å². The molecule has 7 nitrogen and oxygen atoms in total. The van der Waals surface area contributed by atoms with E-state index in [1.165, 1.54) is 5.56 Å². The molecule has 1 saturated heterocycles. The summed E-state index contributed by atoms with van der Waals surface area (Å²) in [5, 5.41) is 3.44. The van der Waals surface area contributed by atoms with Crippen molar-refractivity contribution in [2.75, 3.05) is 39.5 Å². The number of amides is 2. The molecule has 0 radical (unpaired) electrons. The highest BCUT2D eigenvalue weighted by Gasteiger charge is 2.21. The van der Waals surface area contributed by atoms with Gasteiger partial charge in [0.25, 0.3) is 5.91 Å². The number of piperazine rings is 1. The van der Waals surface area contributed by atoms with E-state index >= 15 is 0 Å². The van der Waals surface area contributed by atoms with Gasteiger partial charge >= 0.3 is 0 Å². The number of ether oxygens (including phenoxy) is 2. The van der Waals surface area contributed by atoms with Crippen LogP contribution in [0.25, 0.3) is 0 Å². The molecular formula is C23H26ClN3O4. The molecule has 1 N–H and O–H groups in total. The van der Waals surface area contributed by atoms with E-state index in [1.54, 1.807) is 24.3 Å². The zero-order valence-electron chi connectivity index (χ0n) is 17.3. The Bertz CT molecular complexity index is 927. The van der Waals surface area contributed by atoms with Gasteiger partial charge in [-0.05, 0) is 48.4 Å². The molecule has 0 atom stereocenters. The van der Waals surface area contributed by atoms with Gasteiger partial charge in [0.1, 0.15) is 0 Å². The fourth-order valence-corrected chi connectivity index (χ4v) is 3.88. The first-order chi connectivity index (χ1) is 15.1. The number of halogens is 1. The Hall–Kier alpha value is -2.77. The van der Waals surface area contributed by atoms with E-state index < -0.39 is 0 Å². The highest BCUT2D eigenvalue weighted by Crippen LogP contribution is 2.32. The fraction of sp³-hybridized carbons (Fsp3) is 0.391. The van der Waals surface area contributed by atoms with Crippen LogP contribution in [-0.2, 0) is 11.3 Å². The molecule has 0 saturated carbocycles. The smallest absolute Gasteiger partial charge is 0.251 e. The minimum atomic E-state index is -0.152. The average Bonchev–Trinajstić information content (AvgIpc) is 3.25. The maximum Gasteiger partial charge on any atom is 0.251 e. The second-order valence-electron chi connectivity index (χ2n) is 7.71. The van der Waals surface area contributed by atoms with E-state index in [0.717, 1.165) is 44.2 Å². The maximum absolute atomic E-state index is 12.5. The summed E-state index contributed by atoms with van der Waals surface area (Å²) in [7, 11) is 0. The lowest BCUT2D eigenvalue weighted by molar-refractivity contribution is -0.133. The Morgan fingerprint density at radius 2 is 1.71 bits per heavy atom. The van der Waals surface area contributed by atoms with Crippen LogP contribution in [0.5, 0.6) is 11.5 Å². The zero-order valence-corrected chi connectivity index (χ0v) is 18.1. The van der Waals surface area contributed by atoms with E-state index in [2.05, 4.69) is 16.3 Å². The van der Waals surface area contributed by atoms with E-state index in [-0.39, 0.29) is 18.6 Å².